The molecule has 110 valence electrons. The highest BCUT2D eigenvalue weighted by molar-refractivity contribution is 5.84. The molecule has 0 atom stereocenters. The van der Waals surface area contributed by atoms with Gasteiger partial charge in [0.1, 0.15) is 0 Å². The van der Waals surface area contributed by atoms with Crippen LogP contribution in [0.3, 0.4) is 0 Å². The first-order valence-corrected chi connectivity index (χ1v) is 6.52. The molecule has 0 aliphatic heterocycles. The van der Waals surface area contributed by atoms with E-state index in [1.807, 2.05) is 0 Å². The van der Waals surface area contributed by atoms with Gasteiger partial charge in [0, 0.05) is 12.0 Å². The van der Waals surface area contributed by atoms with E-state index in [4.69, 9.17) is 9.47 Å². The van der Waals surface area contributed by atoms with E-state index >= 15 is 0 Å². The highest BCUT2D eigenvalue weighted by atomic mass is 16.5. The van der Waals surface area contributed by atoms with Crippen LogP contribution in [0.2, 0.25) is 0 Å². The fourth-order valence-electron chi connectivity index (χ4n) is 1.74. The van der Waals surface area contributed by atoms with Gasteiger partial charge in [-0.05, 0) is 18.2 Å². The summed E-state index contributed by atoms with van der Waals surface area (Å²) in [6.07, 6.45) is 3.33. The number of ether oxygens (including phenoxy) is 2. The maximum atomic E-state index is 10.5. The van der Waals surface area contributed by atoms with Gasteiger partial charge in [-0.1, -0.05) is 12.1 Å². The molecule has 1 aromatic carbocycles. The van der Waals surface area contributed by atoms with E-state index in [2.05, 4.69) is 14.1 Å². The Morgan fingerprint density at radius 3 is 2.75 bits per heavy atom. The van der Waals surface area contributed by atoms with Crippen LogP contribution in [0.15, 0.2) is 24.3 Å². The van der Waals surface area contributed by atoms with E-state index in [0.717, 1.165) is 19.0 Å². The second-order valence-corrected chi connectivity index (χ2v) is 4.69. The second kappa shape index (κ2) is 8.22. The number of hydrogen-bond acceptors (Lipinski definition) is 4. The van der Waals surface area contributed by atoms with Gasteiger partial charge in [-0.15, -0.1) is 0 Å². The molecule has 0 aromatic heterocycles. The average molecular weight is 279 g/mol. The lowest BCUT2D eigenvalue weighted by Gasteiger charge is -2.14. The summed E-state index contributed by atoms with van der Waals surface area (Å²) < 4.78 is 11.0. The van der Waals surface area contributed by atoms with Gasteiger partial charge in [0.15, 0.2) is 11.5 Å². The van der Waals surface area contributed by atoms with Crippen molar-refractivity contribution in [3.05, 3.63) is 29.8 Å². The first-order valence-electron chi connectivity index (χ1n) is 6.52. The lowest BCUT2D eigenvalue weighted by Crippen LogP contribution is -3.05. The Bertz CT molecular complexity index is 469. The van der Waals surface area contributed by atoms with Gasteiger partial charge in [0.25, 0.3) is 0 Å². The quantitative estimate of drug-likeness (QED) is 0.508. The Balaban J connectivity index is 2.81. The SMILES string of the molecule is COc1cccc(/C=C\C(=O)[O-])c1OCCC[NH+](C)C. The number of methoxy groups -OCH3 is 1. The third kappa shape index (κ3) is 5.32. The minimum atomic E-state index is -1.24. The molecule has 0 aliphatic carbocycles. The van der Waals surface area contributed by atoms with Crippen molar-refractivity contribution in [3.63, 3.8) is 0 Å². The zero-order valence-corrected chi connectivity index (χ0v) is 12.1. The van der Waals surface area contributed by atoms with Crippen molar-refractivity contribution in [1.29, 1.82) is 0 Å². The lowest BCUT2D eigenvalue weighted by molar-refractivity contribution is -0.858. The summed E-state index contributed by atoms with van der Waals surface area (Å²) in [5.74, 6) is -0.0982. The molecule has 0 saturated heterocycles. The molecule has 5 heteroatoms. The lowest BCUT2D eigenvalue weighted by atomic mass is 10.1. The van der Waals surface area contributed by atoms with Crippen molar-refractivity contribution in [2.24, 2.45) is 0 Å². The number of carbonyl (C=O) groups is 1. The normalized spacial score (nSPS) is 11.0. The van der Waals surface area contributed by atoms with Crippen molar-refractivity contribution in [2.45, 2.75) is 6.42 Å². The van der Waals surface area contributed by atoms with E-state index in [1.54, 1.807) is 25.3 Å². The van der Waals surface area contributed by atoms with Gasteiger partial charge < -0.3 is 24.3 Å². The molecule has 1 N–H and O–H groups in total. The van der Waals surface area contributed by atoms with Gasteiger partial charge in [0.2, 0.25) is 0 Å². The molecule has 20 heavy (non-hydrogen) atoms. The Morgan fingerprint density at radius 1 is 1.40 bits per heavy atom. The predicted octanol–water partition coefficient (Wildman–Crippen LogP) is -0.628. The number of nitrogens with one attached hydrogen (secondary N) is 1. The number of benzene rings is 1. The molecule has 1 rings (SSSR count). The molecule has 0 radical (unpaired) electrons. The van der Waals surface area contributed by atoms with Gasteiger partial charge in [-0.3, -0.25) is 0 Å². The van der Waals surface area contributed by atoms with Gasteiger partial charge in [0.05, 0.1) is 40.3 Å². The molecule has 0 saturated carbocycles. The van der Waals surface area contributed by atoms with Crippen molar-refractivity contribution in [2.75, 3.05) is 34.4 Å². The van der Waals surface area contributed by atoms with Crippen molar-refractivity contribution < 1.29 is 24.3 Å². The highest BCUT2D eigenvalue weighted by Gasteiger charge is 2.08. The summed E-state index contributed by atoms with van der Waals surface area (Å²) in [6.45, 7) is 1.55. The fraction of sp³-hybridized carbons (Fsp3) is 0.400. The van der Waals surface area contributed by atoms with Gasteiger partial charge in [-0.2, -0.15) is 0 Å². The summed E-state index contributed by atoms with van der Waals surface area (Å²) >= 11 is 0. The van der Waals surface area contributed by atoms with Crippen LogP contribution in [0, 0.1) is 0 Å². The van der Waals surface area contributed by atoms with Crippen LogP contribution in [0.5, 0.6) is 11.5 Å². The van der Waals surface area contributed by atoms with Crippen LogP contribution in [0.4, 0.5) is 0 Å². The van der Waals surface area contributed by atoms with E-state index in [1.165, 1.54) is 11.0 Å². The largest absolute Gasteiger partial charge is 0.545 e. The predicted molar refractivity (Wildman–Crippen MR) is 74.8 cm³/mol. The number of aliphatic carboxylic acids is 1. The molecular weight excluding hydrogens is 258 g/mol. The summed E-state index contributed by atoms with van der Waals surface area (Å²) in [6, 6.07) is 5.34. The second-order valence-electron chi connectivity index (χ2n) is 4.69. The molecule has 5 nitrogen and oxygen atoms in total. The van der Waals surface area contributed by atoms with Crippen molar-refractivity contribution in [1.82, 2.24) is 0 Å². The maximum absolute atomic E-state index is 10.5. The Morgan fingerprint density at radius 2 is 2.15 bits per heavy atom. The number of quaternary nitrogens is 1. The zero-order chi connectivity index (χ0) is 15.0. The Labute approximate surface area is 119 Å². The van der Waals surface area contributed by atoms with E-state index in [0.29, 0.717) is 23.7 Å². The molecule has 0 spiro atoms. The summed E-state index contributed by atoms with van der Waals surface area (Å²) in [5, 5.41) is 10.5. The molecular formula is C15H21NO4. The molecule has 0 fully saturated rings. The van der Waals surface area contributed by atoms with Crippen LogP contribution in [0.1, 0.15) is 12.0 Å². The minimum Gasteiger partial charge on any atom is -0.545 e. The molecule has 0 unspecified atom stereocenters. The first kappa shape index (κ1) is 16.0. The third-order valence-corrected chi connectivity index (χ3v) is 2.70. The molecule has 0 amide bonds. The molecule has 1 aromatic rings. The van der Waals surface area contributed by atoms with Crippen LogP contribution < -0.4 is 19.5 Å². The Hall–Kier alpha value is -2.01. The summed E-state index contributed by atoms with van der Waals surface area (Å²) in [7, 11) is 5.71. The summed E-state index contributed by atoms with van der Waals surface area (Å²) in [5.41, 5.74) is 0.658. The van der Waals surface area contributed by atoms with Crippen LogP contribution >= 0.6 is 0 Å². The number of rotatable bonds is 8. The first-order chi connectivity index (χ1) is 9.54. The zero-order valence-electron chi connectivity index (χ0n) is 12.1. The number of carboxylic acid groups (broad SMARTS) is 1. The molecule has 0 aliphatic rings. The topological polar surface area (TPSA) is 63.0 Å². The minimum absolute atomic E-state index is 0.553. The van der Waals surface area contributed by atoms with E-state index < -0.39 is 5.97 Å². The van der Waals surface area contributed by atoms with E-state index in [-0.39, 0.29) is 0 Å². The standard InChI is InChI=1S/C15H21NO4/c1-16(2)10-5-11-20-15-12(8-9-14(17)18)6-4-7-13(15)19-3/h4,6-9H,5,10-11H2,1-3H3,(H,17,18)/b9-8-. The van der Waals surface area contributed by atoms with Gasteiger partial charge >= 0.3 is 0 Å². The van der Waals surface area contributed by atoms with Crippen LogP contribution in [0.25, 0.3) is 6.08 Å². The van der Waals surface area contributed by atoms with Crippen molar-refractivity contribution in [3.8, 4) is 11.5 Å². The fourth-order valence-corrected chi connectivity index (χ4v) is 1.74. The number of carboxylic acids is 1. The number of carbonyl (C=O) groups excluding carboxylic acids is 1. The van der Waals surface area contributed by atoms with Crippen molar-refractivity contribution >= 4 is 12.0 Å². The van der Waals surface area contributed by atoms with E-state index in [9.17, 15) is 9.90 Å². The molecule has 0 bridgehead atoms. The van der Waals surface area contributed by atoms with Crippen LogP contribution in [-0.2, 0) is 4.79 Å². The smallest absolute Gasteiger partial charge is 0.168 e. The molecule has 0 heterocycles. The van der Waals surface area contributed by atoms with Gasteiger partial charge in [-0.25, -0.2) is 0 Å². The summed E-state index contributed by atoms with van der Waals surface area (Å²) in [4.78, 5) is 11.9. The average Bonchev–Trinajstić information content (AvgIpc) is 2.41. The maximum Gasteiger partial charge on any atom is 0.168 e. The third-order valence-electron chi connectivity index (χ3n) is 2.70. The Kier molecular flexibility index (Phi) is 6.59. The number of hydrogen-bond donors (Lipinski definition) is 1. The monoisotopic (exact) mass is 279 g/mol. The number of para-hydroxylation sites is 1. The highest BCUT2D eigenvalue weighted by Crippen LogP contribution is 2.32. The van der Waals surface area contributed by atoms with Crippen LogP contribution in [-0.4, -0.2) is 40.3 Å².